The Bertz CT molecular complexity index is 623. The van der Waals surface area contributed by atoms with Gasteiger partial charge in [0.2, 0.25) is 11.8 Å². The third-order valence-corrected chi connectivity index (χ3v) is 3.33. The Hall–Kier alpha value is -2.70. The molecule has 1 aromatic rings. The number of benzene rings is 1. The smallest absolute Gasteiger partial charge is 0.379 e. The second-order valence-electron chi connectivity index (χ2n) is 4.80. The Labute approximate surface area is 127 Å². The highest BCUT2D eigenvalue weighted by atomic mass is 16.5. The van der Waals surface area contributed by atoms with Crippen molar-refractivity contribution in [3.8, 4) is 0 Å². The SMILES string of the molecule is CCOC(=O)C(=O)c1cccc(N2CC(=O)N(C)C(=O)C2)c1. The standard InChI is InChI=1S/C15H16N2O5/c1-3-22-15(21)14(20)10-5-4-6-11(7-10)17-8-12(18)16(2)13(19)9-17/h4-7H,3,8-9H2,1-2H3. The van der Waals surface area contributed by atoms with E-state index in [4.69, 9.17) is 0 Å². The number of rotatable bonds is 4. The summed E-state index contributed by atoms with van der Waals surface area (Å²) in [5, 5.41) is 0. The van der Waals surface area contributed by atoms with Crippen LogP contribution in [-0.2, 0) is 19.1 Å². The van der Waals surface area contributed by atoms with E-state index in [1.807, 2.05) is 0 Å². The predicted molar refractivity (Wildman–Crippen MR) is 77.4 cm³/mol. The molecule has 0 unspecified atom stereocenters. The summed E-state index contributed by atoms with van der Waals surface area (Å²) in [5.74, 6) is -2.32. The van der Waals surface area contributed by atoms with Crippen LogP contribution in [0.15, 0.2) is 24.3 Å². The van der Waals surface area contributed by atoms with E-state index in [0.717, 1.165) is 4.90 Å². The van der Waals surface area contributed by atoms with Gasteiger partial charge >= 0.3 is 5.97 Å². The topological polar surface area (TPSA) is 84.0 Å². The van der Waals surface area contributed by atoms with Crippen molar-refractivity contribution in [1.82, 2.24) is 4.90 Å². The second-order valence-corrected chi connectivity index (χ2v) is 4.80. The minimum absolute atomic E-state index is 0.0410. The van der Waals surface area contributed by atoms with Crippen LogP contribution in [0.4, 0.5) is 5.69 Å². The highest BCUT2D eigenvalue weighted by Crippen LogP contribution is 2.19. The molecule has 22 heavy (non-hydrogen) atoms. The minimum Gasteiger partial charge on any atom is -0.460 e. The molecule has 0 radical (unpaired) electrons. The first-order valence-electron chi connectivity index (χ1n) is 6.80. The van der Waals surface area contributed by atoms with Gasteiger partial charge in [0, 0.05) is 18.3 Å². The Balaban J connectivity index is 2.22. The first kappa shape index (κ1) is 15.7. The summed E-state index contributed by atoms with van der Waals surface area (Å²) in [6.07, 6.45) is 0. The largest absolute Gasteiger partial charge is 0.460 e. The van der Waals surface area contributed by atoms with Gasteiger partial charge in [-0.25, -0.2) is 4.79 Å². The molecule has 0 aliphatic carbocycles. The first-order chi connectivity index (χ1) is 10.4. The number of hydrogen-bond donors (Lipinski definition) is 0. The van der Waals surface area contributed by atoms with Gasteiger partial charge in [0.25, 0.3) is 5.78 Å². The molecule has 0 spiro atoms. The Morgan fingerprint density at radius 1 is 1.18 bits per heavy atom. The van der Waals surface area contributed by atoms with Crippen molar-refractivity contribution in [3.63, 3.8) is 0 Å². The first-order valence-corrected chi connectivity index (χ1v) is 6.80. The van der Waals surface area contributed by atoms with Gasteiger partial charge in [0.1, 0.15) is 0 Å². The summed E-state index contributed by atoms with van der Waals surface area (Å²) >= 11 is 0. The quantitative estimate of drug-likeness (QED) is 0.343. The number of ketones is 1. The summed E-state index contributed by atoms with van der Waals surface area (Å²) < 4.78 is 4.67. The van der Waals surface area contributed by atoms with Crippen molar-refractivity contribution in [2.75, 3.05) is 31.6 Å². The molecule has 7 nitrogen and oxygen atoms in total. The average molecular weight is 304 g/mol. The molecule has 0 bridgehead atoms. The van der Waals surface area contributed by atoms with Gasteiger partial charge in [0.15, 0.2) is 0 Å². The van der Waals surface area contributed by atoms with Crippen molar-refractivity contribution in [1.29, 1.82) is 0 Å². The average Bonchev–Trinajstić information content (AvgIpc) is 2.51. The fraction of sp³-hybridized carbons (Fsp3) is 0.333. The summed E-state index contributed by atoms with van der Waals surface area (Å²) in [6, 6.07) is 6.23. The summed E-state index contributed by atoms with van der Waals surface area (Å²) in [7, 11) is 1.43. The molecule has 0 N–H and O–H groups in total. The maximum atomic E-state index is 11.9. The van der Waals surface area contributed by atoms with Crippen LogP contribution in [-0.4, -0.2) is 55.2 Å². The molecule has 0 atom stereocenters. The van der Waals surface area contributed by atoms with E-state index in [1.165, 1.54) is 19.2 Å². The van der Waals surface area contributed by atoms with E-state index < -0.39 is 11.8 Å². The Morgan fingerprint density at radius 2 is 1.82 bits per heavy atom. The fourth-order valence-electron chi connectivity index (χ4n) is 2.07. The van der Waals surface area contributed by atoms with Gasteiger partial charge in [-0.2, -0.15) is 0 Å². The molecular formula is C15H16N2O5. The molecule has 2 rings (SSSR count). The normalized spacial score (nSPS) is 15.0. The van der Waals surface area contributed by atoms with Crippen molar-refractivity contribution >= 4 is 29.3 Å². The molecule has 0 aromatic heterocycles. The number of imide groups is 1. The number of anilines is 1. The van der Waals surface area contributed by atoms with Gasteiger partial charge in [-0.3, -0.25) is 19.3 Å². The summed E-state index contributed by atoms with van der Waals surface area (Å²) in [4.78, 5) is 49.5. The molecular weight excluding hydrogens is 288 g/mol. The van der Waals surface area contributed by atoms with Crippen molar-refractivity contribution in [2.45, 2.75) is 6.92 Å². The number of Topliss-reactive ketones (excluding diaryl/α,β-unsaturated/α-hetero) is 1. The lowest BCUT2D eigenvalue weighted by Gasteiger charge is -2.32. The number of carbonyl (C=O) groups is 4. The highest BCUT2D eigenvalue weighted by Gasteiger charge is 2.28. The van der Waals surface area contributed by atoms with Crippen LogP contribution in [0, 0.1) is 0 Å². The van der Waals surface area contributed by atoms with Crippen molar-refractivity contribution in [2.24, 2.45) is 0 Å². The number of nitrogens with zero attached hydrogens (tertiary/aromatic N) is 2. The van der Waals surface area contributed by atoms with Crippen molar-refractivity contribution < 1.29 is 23.9 Å². The summed E-state index contributed by atoms with van der Waals surface area (Å²) in [6.45, 7) is 1.81. The number of piperazine rings is 1. The Morgan fingerprint density at radius 3 is 2.41 bits per heavy atom. The van der Waals surface area contributed by atoms with Crippen LogP contribution < -0.4 is 4.90 Å². The molecule has 7 heteroatoms. The van der Waals surface area contributed by atoms with Crippen LogP contribution in [0.25, 0.3) is 0 Å². The summed E-state index contributed by atoms with van der Waals surface area (Å²) in [5.41, 5.74) is 0.694. The van der Waals surface area contributed by atoms with Gasteiger partial charge in [-0.1, -0.05) is 12.1 Å². The molecule has 2 amide bonds. The monoisotopic (exact) mass is 304 g/mol. The molecule has 1 aliphatic heterocycles. The van der Waals surface area contributed by atoms with Crippen LogP contribution in [0.5, 0.6) is 0 Å². The Kier molecular flexibility index (Phi) is 4.55. The molecule has 1 aliphatic rings. The van der Waals surface area contributed by atoms with Crippen LogP contribution in [0.3, 0.4) is 0 Å². The van der Waals surface area contributed by atoms with E-state index in [-0.39, 0.29) is 37.1 Å². The lowest BCUT2D eigenvalue weighted by Crippen LogP contribution is -2.52. The third-order valence-electron chi connectivity index (χ3n) is 3.33. The van der Waals surface area contributed by atoms with Gasteiger partial charge in [-0.15, -0.1) is 0 Å². The third kappa shape index (κ3) is 3.13. The number of amides is 2. The lowest BCUT2D eigenvalue weighted by atomic mass is 10.1. The molecule has 0 saturated carbocycles. The molecule has 1 saturated heterocycles. The van der Waals surface area contributed by atoms with Gasteiger partial charge < -0.3 is 9.64 Å². The lowest BCUT2D eigenvalue weighted by molar-refractivity contribution is -0.143. The molecule has 116 valence electrons. The number of hydrogen-bond acceptors (Lipinski definition) is 6. The molecule has 1 heterocycles. The van der Waals surface area contributed by atoms with E-state index >= 15 is 0 Å². The van der Waals surface area contributed by atoms with Crippen LogP contribution in [0.2, 0.25) is 0 Å². The number of likely N-dealkylation sites (N-methyl/N-ethyl adjacent to an activating group) is 1. The van der Waals surface area contributed by atoms with Gasteiger partial charge in [-0.05, 0) is 19.1 Å². The van der Waals surface area contributed by atoms with Gasteiger partial charge in [0.05, 0.1) is 19.7 Å². The number of carbonyl (C=O) groups excluding carboxylic acids is 4. The zero-order chi connectivity index (χ0) is 16.3. The zero-order valence-corrected chi connectivity index (χ0v) is 12.4. The number of esters is 1. The minimum atomic E-state index is -0.926. The molecule has 1 aromatic carbocycles. The maximum absolute atomic E-state index is 11.9. The van der Waals surface area contributed by atoms with E-state index in [0.29, 0.717) is 5.69 Å². The predicted octanol–water partition coefficient (Wildman–Crippen LogP) is 0.237. The van der Waals surface area contributed by atoms with E-state index in [2.05, 4.69) is 4.74 Å². The van der Waals surface area contributed by atoms with Crippen LogP contribution in [0.1, 0.15) is 17.3 Å². The van der Waals surface area contributed by atoms with E-state index in [9.17, 15) is 19.2 Å². The maximum Gasteiger partial charge on any atom is 0.379 e. The zero-order valence-electron chi connectivity index (χ0n) is 12.4. The fourth-order valence-corrected chi connectivity index (χ4v) is 2.07. The van der Waals surface area contributed by atoms with Crippen molar-refractivity contribution in [3.05, 3.63) is 29.8 Å². The van der Waals surface area contributed by atoms with E-state index in [1.54, 1.807) is 24.0 Å². The second kappa shape index (κ2) is 6.38. The number of ether oxygens (including phenoxy) is 1. The highest BCUT2D eigenvalue weighted by molar-refractivity contribution is 6.40. The molecule has 1 fully saturated rings. The van der Waals surface area contributed by atoms with Crippen LogP contribution >= 0.6 is 0 Å².